The first-order valence-electron chi connectivity index (χ1n) is 11.9. The number of imidazole rings is 1. The minimum Gasteiger partial charge on any atom is -0.336 e. The van der Waals surface area contributed by atoms with Crippen molar-refractivity contribution in [3.05, 3.63) is 72.8 Å². The van der Waals surface area contributed by atoms with Crippen molar-refractivity contribution < 1.29 is 13.6 Å². The summed E-state index contributed by atoms with van der Waals surface area (Å²) in [4.78, 5) is 32.5. The molecular formula is C27H20F2N8O. The molecule has 0 atom stereocenters. The lowest BCUT2D eigenvalue weighted by Gasteiger charge is -2.07. The van der Waals surface area contributed by atoms with Crippen molar-refractivity contribution in [3.8, 4) is 34.0 Å². The number of aromatic nitrogens is 7. The molecule has 0 aliphatic heterocycles. The average Bonchev–Trinajstić information content (AvgIpc) is 3.54. The summed E-state index contributed by atoms with van der Waals surface area (Å²) in [6.07, 6.45) is 7.06. The van der Waals surface area contributed by atoms with E-state index in [1.165, 1.54) is 24.7 Å². The third kappa shape index (κ3) is 4.03. The maximum Gasteiger partial charge on any atom is 0.224 e. The van der Waals surface area contributed by atoms with E-state index in [-0.39, 0.29) is 28.5 Å². The fourth-order valence-corrected chi connectivity index (χ4v) is 4.33. The largest absolute Gasteiger partial charge is 0.336 e. The fraction of sp³-hybridized carbons (Fsp3) is 0.111. The lowest BCUT2D eigenvalue weighted by Crippen LogP contribution is -2.10. The van der Waals surface area contributed by atoms with Crippen molar-refractivity contribution in [2.75, 3.05) is 5.32 Å². The van der Waals surface area contributed by atoms with Gasteiger partial charge in [0.25, 0.3) is 0 Å². The topological polar surface area (TPSA) is 125 Å². The summed E-state index contributed by atoms with van der Waals surface area (Å²) < 4.78 is 30.5. The van der Waals surface area contributed by atoms with Crippen molar-refractivity contribution in [2.24, 2.45) is 0 Å². The normalized spacial score (nSPS) is 11.3. The Kier molecular flexibility index (Phi) is 5.79. The number of rotatable bonds is 6. The average molecular weight is 511 g/mol. The predicted octanol–water partition coefficient (Wildman–Crippen LogP) is 5.64. The Morgan fingerprint density at radius 2 is 1.87 bits per heavy atom. The minimum atomic E-state index is -0.627. The number of amides is 1. The number of fused-ring (bicyclic) bond motifs is 2. The van der Waals surface area contributed by atoms with Crippen molar-refractivity contribution >= 4 is 33.5 Å². The molecule has 6 aromatic rings. The lowest BCUT2D eigenvalue weighted by atomic mass is 10.1. The van der Waals surface area contributed by atoms with Crippen LogP contribution < -0.4 is 5.32 Å². The Labute approximate surface area is 214 Å². The Balaban J connectivity index is 1.45. The summed E-state index contributed by atoms with van der Waals surface area (Å²) in [5.41, 5.74) is 3.17. The smallest absolute Gasteiger partial charge is 0.224 e. The van der Waals surface area contributed by atoms with Gasteiger partial charge in [-0.15, -0.1) is 0 Å². The number of nitrogens with one attached hydrogen (secondary N) is 3. The number of hydrogen-bond acceptors (Lipinski definition) is 6. The highest BCUT2D eigenvalue weighted by Gasteiger charge is 2.22. The zero-order valence-electron chi connectivity index (χ0n) is 20.1. The van der Waals surface area contributed by atoms with Crippen molar-refractivity contribution in [1.29, 1.82) is 0 Å². The summed E-state index contributed by atoms with van der Waals surface area (Å²) in [7, 11) is 0. The number of pyridine rings is 3. The number of carbonyl (C=O) groups excluding carboxylic acids is 1. The van der Waals surface area contributed by atoms with Gasteiger partial charge in [0.2, 0.25) is 5.91 Å². The molecule has 0 saturated carbocycles. The van der Waals surface area contributed by atoms with Gasteiger partial charge in [-0.05, 0) is 30.7 Å². The van der Waals surface area contributed by atoms with Gasteiger partial charge >= 0.3 is 0 Å². The molecule has 0 saturated heterocycles. The van der Waals surface area contributed by atoms with E-state index >= 15 is 4.39 Å². The van der Waals surface area contributed by atoms with Crippen LogP contribution in [-0.2, 0) is 4.79 Å². The quantitative estimate of drug-likeness (QED) is 0.266. The molecule has 3 N–H and O–H groups in total. The maximum absolute atomic E-state index is 16.0. The second-order valence-electron chi connectivity index (χ2n) is 8.66. The molecule has 0 aliphatic rings. The molecule has 5 aromatic heterocycles. The summed E-state index contributed by atoms with van der Waals surface area (Å²) >= 11 is 0. The van der Waals surface area contributed by atoms with Crippen molar-refractivity contribution in [2.45, 2.75) is 19.8 Å². The van der Waals surface area contributed by atoms with Crippen molar-refractivity contribution in [3.63, 3.8) is 0 Å². The van der Waals surface area contributed by atoms with Gasteiger partial charge in [0.05, 0.1) is 34.5 Å². The zero-order chi connectivity index (χ0) is 26.2. The van der Waals surface area contributed by atoms with E-state index < -0.39 is 11.6 Å². The SMILES string of the molecule is CCCC(=O)Nc1cncc(-c2ncc3[nH]nc(-c4nc5c(-c6ccccc6F)nccc5[nH]4)c3c2F)c1. The van der Waals surface area contributed by atoms with Crippen molar-refractivity contribution in [1.82, 2.24) is 35.1 Å². The predicted molar refractivity (Wildman–Crippen MR) is 139 cm³/mol. The molecule has 0 spiro atoms. The first-order valence-corrected chi connectivity index (χ1v) is 11.9. The highest BCUT2D eigenvalue weighted by atomic mass is 19.1. The maximum atomic E-state index is 16.0. The summed E-state index contributed by atoms with van der Waals surface area (Å²) in [6, 6.07) is 9.62. The molecule has 0 unspecified atom stereocenters. The Morgan fingerprint density at radius 3 is 2.71 bits per heavy atom. The highest BCUT2D eigenvalue weighted by Crippen LogP contribution is 2.34. The van der Waals surface area contributed by atoms with Crippen LogP contribution in [0.4, 0.5) is 14.5 Å². The highest BCUT2D eigenvalue weighted by molar-refractivity contribution is 5.97. The van der Waals surface area contributed by atoms with Gasteiger partial charge in [0, 0.05) is 29.9 Å². The molecule has 38 heavy (non-hydrogen) atoms. The number of anilines is 1. The van der Waals surface area contributed by atoms with E-state index in [0.29, 0.717) is 51.9 Å². The molecule has 9 nitrogen and oxygen atoms in total. The van der Waals surface area contributed by atoms with Gasteiger partial charge in [-0.3, -0.25) is 24.8 Å². The molecule has 0 fully saturated rings. The van der Waals surface area contributed by atoms with E-state index in [9.17, 15) is 9.18 Å². The summed E-state index contributed by atoms with van der Waals surface area (Å²) in [5.74, 6) is -0.920. The standard InChI is InChI=1S/C27H20F2N8O/c1-2-5-20(38)33-15-10-14(11-30-12-15)23-22(29)21-19(13-32-23)36-37-26(21)27-34-18-8-9-31-24(25(18)35-27)16-6-3-4-7-17(16)28/h3-4,6-13H,2,5H2,1H3,(H,33,38)(H,34,35)(H,36,37). The van der Waals surface area contributed by atoms with Crippen LogP contribution in [-0.4, -0.2) is 41.0 Å². The molecule has 1 aromatic carbocycles. The minimum absolute atomic E-state index is 0.0454. The lowest BCUT2D eigenvalue weighted by molar-refractivity contribution is -0.116. The number of hydrogen-bond donors (Lipinski definition) is 3. The van der Waals surface area contributed by atoms with Gasteiger partial charge in [-0.2, -0.15) is 5.10 Å². The van der Waals surface area contributed by atoms with Crippen LogP contribution in [0.3, 0.4) is 0 Å². The number of H-pyrrole nitrogens is 2. The Morgan fingerprint density at radius 1 is 1.00 bits per heavy atom. The molecule has 0 radical (unpaired) electrons. The van der Waals surface area contributed by atoms with E-state index in [1.807, 2.05) is 6.92 Å². The van der Waals surface area contributed by atoms with Gasteiger partial charge in [-0.1, -0.05) is 19.1 Å². The number of halogens is 2. The Bertz CT molecular complexity index is 1830. The van der Waals surface area contributed by atoms with E-state index in [0.717, 1.165) is 0 Å². The van der Waals surface area contributed by atoms with Crippen LogP contribution >= 0.6 is 0 Å². The number of nitrogens with zero attached hydrogens (tertiary/aromatic N) is 5. The number of carbonyl (C=O) groups is 1. The second-order valence-corrected chi connectivity index (χ2v) is 8.66. The third-order valence-corrected chi connectivity index (χ3v) is 6.07. The molecular weight excluding hydrogens is 490 g/mol. The van der Waals surface area contributed by atoms with Crippen LogP contribution in [0.25, 0.3) is 56.0 Å². The first-order chi connectivity index (χ1) is 18.5. The molecule has 6 rings (SSSR count). The molecule has 0 aliphatic carbocycles. The third-order valence-electron chi connectivity index (χ3n) is 6.07. The van der Waals surface area contributed by atoms with E-state index in [4.69, 9.17) is 0 Å². The molecule has 188 valence electrons. The van der Waals surface area contributed by atoms with Gasteiger partial charge in [0.1, 0.15) is 28.4 Å². The molecule has 11 heteroatoms. The van der Waals surface area contributed by atoms with Crippen LogP contribution in [0.5, 0.6) is 0 Å². The second kappa shape index (κ2) is 9.43. The number of benzene rings is 1. The van der Waals surface area contributed by atoms with E-state index in [2.05, 4.69) is 40.4 Å². The van der Waals surface area contributed by atoms with E-state index in [1.54, 1.807) is 36.5 Å². The monoisotopic (exact) mass is 510 g/mol. The first kappa shape index (κ1) is 23.3. The Hall–Kier alpha value is -5.06. The molecule has 0 bridgehead atoms. The molecule has 1 amide bonds. The van der Waals surface area contributed by atoms with Gasteiger partial charge in [-0.25, -0.2) is 13.8 Å². The van der Waals surface area contributed by atoms with Crippen LogP contribution in [0.2, 0.25) is 0 Å². The van der Waals surface area contributed by atoms with Gasteiger partial charge in [0.15, 0.2) is 11.6 Å². The van der Waals surface area contributed by atoms with Crippen LogP contribution in [0.15, 0.2) is 61.2 Å². The summed E-state index contributed by atoms with van der Waals surface area (Å²) in [6.45, 7) is 1.91. The fourth-order valence-electron chi connectivity index (χ4n) is 4.33. The zero-order valence-corrected chi connectivity index (χ0v) is 20.1. The number of aromatic amines is 2. The van der Waals surface area contributed by atoms with Crippen LogP contribution in [0.1, 0.15) is 19.8 Å². The summed E-state index contributed by atoms with van der Waals surface area (Å²) in [5, 5.41) is 10.0. The van der Waals surface area contributed by atoms with Crippen LogP contribution in [0, 0.1) is 11.6 Å². The van der Waals surface area contributed by atoms with Gasteiger partial charge < -0.3 is 10.3 Å². The molecule has 5 heterocycles.